The monoisotopic (exact) mass is 230 g/mol. The Morgan fingerprint density at radius 2 is 2.35 bits per heavy atom. The largest absolute Gasteiger partial charge is 0.496 e. The number of hydrogen-bond donors (Lipinski definition) is 0. The first-order chi connectivity index (χ1) is 8.13. The predicted molar refractivity (Wildman–Crippen MR) is 60.5 cm³/mol. The number of ether oxygens (including phenoxy) is 1. The number of benzene rings is 1. The smallest absolute Gasteiger partial charge is 0.252 e. The van der Waals surface area contributed by atoms with Gasteiger partial charge < -0.3 is 4.74 Å². The minimum atomic E-state index is -0.726. The van der Waals surface area contributed by atoms with E-state index in [9.17, 15) is 4.79 Å². The molecule has 1 unspecified atom stereocenters. The molecule has 17 heavy (non-hydrogen) atoms. The molecule has 1 aromatic rings. The van der Waals surface area contributed by atoms with Crippen LogP contribution >= 0.6 is 0 Å². The Bertz CT molecular complexity index is 527. The van der Waals surface area contributed by atoms with Crippen molar-refractivity contribution in [3.63, 3.8) is 0 Å². The van der Waals surface area contributed by atoms with E-state index >= 15 is 0 Å². The van der Waals surface area contributed by atoms with Crippen LogP contribution in [0.3, 0.4) is 0 Å². The Kier molecular flexibility index (Phi) is 4.09. The zero-order chi connectivity index (χ0) is 12.8. The Hall–Kier alpha value is -2.51. The van der Waals surface area contributed by atoms with Crippen molar-refractivity contribution in [1.82, 2.24) is 0 Å². The number of nitriles is 1. The van der Waals surface area contributed by atoms with Crippen LogP contribution < -0.4 is 4.74 Å². The van der Waals surface area contributed by atoms with Gasteiger partial charge in [0.15, 0.2) is 0 Å². The zero-order valence-electron chi connectivity index (χ0n) is 9.41. The second-order valence-corrected chi connectivity index (χ2v) is 3.31. The lowest BCUT2D eigenvalue weighted by Crippen LogP contribution is -2.01. The van der Waals surface area contributed by atoms with Gasteiger partial charge in [-0.15, -0.1) is 0 Å². The molecule has 1 rings (SSSR count). The van der Waals surface area contributed by atoms with Crippen molar-refractivity contribution in [2.45, 2.75) is 12.8 Å². The molecule has 0 aliphatic rings. The number of carbonyl (C=O) groups excluding carboxylic acids is 1. The Balaban J connectivity index is 3.30. The second kappa shape index (κ2) is 5.54. The molecule has 1 amide bonds. The van der Waals surface area contributed by atoms with Crippen molar-refractivity contribution < 1.29 is 9.53 Å². The molecule has 0 aliphatic heterocycles. The zero-order valence-corrected chi connectivity index (χ0v) is 9.41. The maximum Gasteiger partial charge on any atom is 0.252 e. The molecule has 1 atom stereocenters. The number of nitrogens with zero attached hydrogens (tertiary/aromatic N) is 4. The molecular formula is C11H10N4O2. The lowest BCUT2D eigenvalue weighted by molar-refractivity contribution is 0.0997. The van der Waals surface area contributed by atoms with E-state index in [1.807, 2.05) is 0 Å². The first-order valence-electron chi connectivity index (χ1n) is 4.81. The van der Waals surface area contributed by atoms with Crippen LogP contribution in [0.4, 0.5) is 0 Å². The van der Waals surface area contributed by atoms with Gasteiger partial charge in [-0.2, -0.15) is 5.26 Å². The highest BCUT2D eigenvalue weighted by atomic mass is 16.5. The molecule has 6 nitrogen and oxygen atoms in total. The van der Waals surface area contributed by atoms with E-state index in [1.165, 1.54) is 13.2 Å². The van der Waals surface area contributed by atoms with E-state index in [0.29, 0.717) is 11.3 Å². The molecular weight excluding hydrogens is 220 g/mol. The highest BCUT2D eigenvalue weighted by Gasteiger charge is 2.14. The molecule has 0 saturated carbocycles. The molecule has 0 aliphatic carbocycles. The van der Waals surface area contributed by atoms with E-state index in [1.54, 1.807) is 19.1 Å². The highest BCUT2D eigenvalue weighted by molar-refractivity contribution is 5.97. The number of carbonyl (C=O) groups is 1. The summed E-state index contributed by atoms with van der Waals surface area (Å²) in [6, 6.07) is 6.83. The average molecular weight is 230 g/mol. The molecule has 1 aromatic carbocycles. The van der Waals surface area contributed by atoms with Crippen molar-refractivity contribution in [3.8, 4) is 11.8 Å². The molecule has 0 bridgehead atoms. The summed E-state index contributed by atoms with van der Waals surface area (Å²) in [6.45, 7) is 1.71. The van der Waals surface area contributed by atoms with Crippen LogP contribution in [-0.2, 0) is 0 Å². The minimum absolute atomic E-state index is 0.157. The molecule has 86 valence electrons. The maximum atomic E-state index is 11.5. The molecule has 0 heterocycles. The summed E-state index contributed by atoms with van der Waals surface area (Å²) in [6.07, 6.45) is 0. The van der Waals surface area contributed by atoms with Crippen molar-refractivity contribution in [3.05, 3.63) is 39.8 Å². The lowest BCUT2D eigenvalue weighted by Gasteiger charge is -2.09. The van der Waals surface area contributed by atoms with E-state index in [2.05, 4.69) is 16.1 Å². The Labute approximate surface area is 98.1 Å². The highest BCUT2D eigenvalue weighted by Crippen LogP contribution is 2.24. The summed E-state index contributed by atoms with van der Waals surface area (Å²) in [5, 5.41) is 11.8. The molecule has 0 N–H and O–H groups in total. The van der Waals surface area contributed by atoms with Gasteiger partial charge in [-0.3, -0.25) is 4.79 Å². The van der Waals surface area contributed by atoms with E-state index < -0.39 is 5.91 Å². The van der Waals surface area contributed by atoms with E-state index in [0.717, 1.165) is 0 Å². The minimum Gasteiger partial charge on any atom is -0.496 e. The van der Waals surface area contributed by atoms with Gasteiger partial charge in [-0.1, -0.05) is 6.07 Å². The van der Waals surface area contributed by atoms with Crippen molar-refractivity contribution in [2.24, 2.45) is 5.11 Å². The number of rotatable bonds is 3. The third-order valence-electron chi connectivity index (χ3n) is 2.28. The summed E-state index contributed by atoms with van der Waals surface area (Å²) < 4.78 is 4.99. The predicted octanol–water partition coefficient (Wildman–Crippen LogP) is 2.77. The lowest BCUT2D eigenvalue weighted by atomic mass is 9.99. The topological polar surface area (TPSA) is 98.8 Å². The van der Waals surface area contributed by atoms with E-state index in [-0.39, 0.29) is 11.5 Å². The van der Waals surface area contributed by atoms with Crippen LogP contribution in [0.5, 0.6) is 5.75 Å². The van der Waals surface area contributed by atoms with Gasteiger partial charge in [-0.25, -0.2) is 0 Å². The van der Waals surface area contributed by atoms with Gasteiger partial charge in [0.2, 0.25) is 0 Å². The van der Waals surface area contributed by atoms with Gasteiger partial charge in [0.1, 0.15) is 5.75 Å². The normalized spacial score (nSPS) is 10.9. The third-order valence-corrected chi connectivity index (χ3v) is 2.28. The molecule has 0 saturated heterocycles. The molecule has 0 fully saturated rings. The third kappa shape index (κ3) is 2.74. The van der Waals surface area contributed by atoms with Crippen molar-refractivity contribution >= 4 is 5.91 Å². The molecule has 0 spiro atoms. The fourth-order valence-electron chi connectivity index (χ4n) is 1.33. The summed E-state index contributed by atoms with van der Waals surface area (Å²) in [5.74, 6) is -0.758. The first-order valence-corrected chi connectivity index (χ1v) is 4.81. The fraction of sp³-hybridized carbons (Fsp3) is 0.273. The number of hydrogen-bond acceptors (Lipinski definition) is 3. The molecule has 0 radical (unpaired) electrons. The summed E-state index contributed by atoms with van der Waals surface area (Å²) in [5.41, 5.74) is 9.06. The number of azide groups is 1. The Morgan fingerprint density at radius 1 is 1.65 bits per heavy atom. The summed E-state index contributed by atoms with van der Waals surface area (Å²) >= 11 is 0. The fourth-order valence-corrected chi connectivity index (χ4v) is 1.33. The first kappa shape index (κ1) is 12.6. The van der Waals surface area contributed by atoms with Gasteiger partial charge in [-0.05, 0) is 35.3 Å². The van der Waals surface area contributed by atoms with Crippen LogP contribution in [0, 0.1) is 11.3 Å². The molecule has 0 aromatic heterocycles. The van der Waals surface area contributed by atoms with Gasteiger partial charge in [0.05, 0.1) is 24.7 Å². The van der Waals surface area contributed by atoms with Crippen LogP contribution in [0.1, 0.15) is 28.8 Å². The van der Waals surface area contributed by atoms with Gasteiger partial charge in [0, 0.05) is 4.91 Å². The standard InChI is InChI=1S/C11H10N4O2/c1-7(6-12)8-3-4-10(17-2)9(5-8)11(16)14-15-13/h3-5,7H,1-2H3. The van der Waals surface area contributed by atoms with E-state index in [4.69, 9.17) is 15.5 Å². The number of methoxy groups -OCH3 is 1. The van der Waals surface area contributed by atoms with Gasteiger partial charge >= 0.3 is 0 Å². The van der Waals surface area contributed by atoms with Crippen LogP contribution in [0.2, 0.25) is 0 Å². The maximum absolute atomic E-state index is 11.5. The van der Waals surface area contributed by atoms with Crippen LogP contribution in [-0.4, -0.2) is 13.0 Å². The second-order valence-electron chi connectivity index (χ2n) is 3.31. The SMILES string of the molecule is COc1ccc(C(C)C#N)cc1C(=O)N=[N+]=[N-]. The van der Waals surface area contributed by atoms with Crippen LogP contribution in [0.15, 0.2) is 23.3 Å². The van der Waals surface area contributed by atoms with Crippen molar-refractivity contribution in [2.75, 3.05) is 7.11 Å². The van der Waals surface area contributed by atoms with Crippen LogP contribution in [0.25, 0.3) is 10.4 Å². The quantitative estimate of drug-likeness (QED) is 0.453. The summed E-state index contributed by atoms with van der Waals surface area (Å²) in [4.78, 5) is 13.9. The van der Waals surface area contributed by atoms with Crippen molar-refractivity contribution in [1.29, 1.82) is 5.26 Å². The average Bonchev–Trinajstić information content (AvgIpc) is 2.37. The van der Waals surface area contributed by atoms with Gasteiger partial charge in [0.25, 0.3) is 5.91 Å². The number of amides is 1. The molecule has 6 heteroatoms. The Morgan fingerprint density at radius 3 is 2.88 bits per heavy atom. The summed E-state index contributed by atoms with van der Waals surface area (Å²) in [7, 11) is 1.41.